The molecule has 0 bridgehead atoms. The second-order valence-corrected chi connectivity index (χ2v) is 5.00. The summed E-state index contributed by atoms with van der Waals surface area (Å²) in [4.78, 5) is 3.99. The average Bonchev–Trinajstić information content (AvgIpc) is 2.82. The van der Waals surface area contributed by atoms with Gasteiger partial charge in [-0.05, 0) is 22.4 Å². The third-order valence-corrected chi connectivity index (χ3v) is 3.26. The molecule has 1 heterocycles. The fourth-order valence-corrected chi connectivity index (χ4v) is 2.26. The Hall–Kier alpha value is -1.82. The lowest BCUT2D eigenvalue weighted by Crippen LogP contribution is -2.39. The van der Waals surface area contributed by atoms with Gasteiger partial charge in [0.1, 0.15) is 0 Å². The van der Waals surface area contributed by atoms with Gasteiger partial charge >= 0.3 is 10.9 Å². The minimum Gasteiger partial charge on any atom is -0.858 e. The quantitative estimate of drug-likeness (QED) is 0.369. The van der Waals surface area contributed by atoms with Crippen LogP contribution in [-0.2, 0) is 0 Å². The highest BCUT2D eigenvalue weighted by atomic mass is 32.2. The first-order chi connectivity index (χ1) is 9.13. The smallest absolute Gasteiger partial charge is 0.335 e. The summed E-state index contributed by atoms with van der Waals surface area (Å²) < 4.78 is 6.85. The van der Waals surface area contributed by atoms with Gasteiger partial charge in [0.05, 0.1) is 0 Å². The number of thioether (sulfide) groups is 1. The van der Waals surface area contributed by atoms with Gasteiger partial charge in [0, 0.05) is 13.8 Å². The van der Waals surface area contributed by atoms with Crippen molar-refractivity contribution >= 4 is 23.5 Å². The van der Waals surface area contributed by atoms with Crippen LogP contribution in [0.25, 0.3) is 0 Å². The van der Waals surface area contributed by atoms with Crippen molar-refractivity contribution in [1.29, 1.82) is 0 Å². The summed E-state index contributed by atoms with van der Waals surface area (Å²) in [5.74, 6) is -0.0713. The van der Waals surface area contributed by atoms with Crippen LogP contribution in [0, 0.1) is 0 Å². The number of rotatable bonds is 4. The molecule has 0 saturated carbocycles. The maximum Gasteiger partial charge on any atom is 0.335 e. The van der Waals surface area contributed by atoms with Gasteiger partial charge < -0.3 is 5.11 Å². The normalized spacial score (nSPS) is 12.1. The van der Waals surface area contributed by atoms with Gasteiger partial charge in [0.2, 0.25) is 5.27 Å². The number of hydrogen-bond acceptors (Lipinski definition) is 5. The van der Waals surface area contributed by atoms with Crippen LogP contribution in [0.3, 0.4) is 0 Å². The molecule has 2 rings (SSSR count). The molecule has 0 amide bonds. The first-order valence-electron chi connectivity index (χ1n) is 5.90. The van der Waals surface area contributed by atoms with Crippen LogP contribution in [0.1, 0.15) is 25.5 Å². The van der Waals surface area contributed by atoms with Crippen LogP contribution >= 0.6 is 11.8 Å². The molecule has 0 radical (unpaired) electrons. The van der Waals surface area contributed by atoms with E-state index in [4.69, 9.17) is 4.52 Å². The Balaban J connectivity index is 2.38. The minimum atomic E-state index is -0.331. The van der Waals surface area contributed by atoms with Gasteiger partial charge in [0.15, 0.2) is 6.04 Å². The third-order valence-electron chi connectivity index (χ3n) is 2.51. The molecule has 5 nitrogen and oxygen atoms in total. The third kappa shape index (κ3) is 2.96. The molecule has 0 aliphatic carbocycles. The van der Waals surface area contributed by atoms with Crippen LogP contribution in [-0.4, -0.2) is 17.4 Å². The molecule has 2 aromatic rings. The zero-order chi connectivity index (χ0) is 13.8. The largest absolute Gasteiger partial charge is 0.858 e. The van der Waals surface area contributed by atoms with Crippen molar-refractivity contribution in [1.82, 2.24) is 5.27 Å². The Morgan fingerprint density at radius 3 is 2.63 bits per heavy atom. The Morgan fingerprint density at radius 1 is 1.37 bits per heavy atom. The lowest BCUT2D eigenvalue weighted by Gasteiger charge is -2.08. The minimum absolute atomic E-state index is 0.155. The molecule has 0 atom stereocenters. The predicted octanol–water partition coefficient (Wildman–Crippen LogP) is 1.70. The topological polar surface area (TPSA) is 65.3 Å². The van der Waals surface area contributed by atoms with Crippen molar-refractivity contribution in [3.63, 3.8) is 0 Å². The summed E-state index contributed by atoms with van der Waals surface area (Å²) in [5, 5.41) is 16.6. The number of benzene rings is 1. The summed E-state index contributed by atoms with van der Waals surface area (Å²) in [5.41, 5.74) is 0.530. The molecular weight excluding hydrogens is 262 g/mol. The molecule has 0 spiro atoms. The van der Waals surface area contributed by atoms with Crippen molar-refractivity contribution < 1.29 is 14.3 Å². The summed E-state index contributed by atoms with van der Waals surface area (Å²) in [6.45, 7) is 3.98. The SMILES string of the molecule is CSc1c(/N=C(\[O-])c2ccccc2)on[n+]1C(C)C. The van der Waals surface area contributed by atoms with Crippen LogP contribution in [0.5, 0.6) is 0 Å². The summed E-state index contributed by atoms with van der Waals surface area (Å²) >= 11 is 1.45. The van der Waals surface area contributed by atoms with Gasteiger partial charge in [0.25, 0.3) is 0 Å². The Morgan fingerprint density at radius 2 is 2.05 bits per heavy atom. The maximum atomic E-state index is 12.0. The van der Waals surface area contributed by atoms with Crippen molar-refractivity contribution in [2.75, 3.05) is 6.26 Å². The Kier molecular flexibility index (Phi) is 4.21. The maximum absolute atomic E-state index is 12.0. The molecular formula is C13H15N3O2S. The molecule has 1 aromatic carbocycles. The van der Waals surface area contributed by atoms with Gasteiger partial charge in [-0.25, -0.2) is 4.99 Å². The lowest BCUT2D eigenvalue weighted by molar-refractivity contribution is -0.809. The molecule has 100 valence electrons. The first kappa shape index (κ1) is 13.6. The highest BCUT2D eigenvalue weighted by Crippen LogP contribution is 2.25. The zero-order valence-corrected chi connectivity index (χ0v) is 11.8. The highest BCUT2D eigenvalue weighted by Gasteiger charge is 2.26. The molecule has 0 aliphatic rings. The van der Waals surface area contributed by atoms with Crippen LogP contribution in [0.4, 0.5) is 5.88 Å². The number of hydrogen-bond donors (Lipinski definition) is 0. The zero-order valence-electron chi connectivity index (χ0n) is 11.0. The Labute approximate surface area is 115 Å². The highest BCUT2D eigenvalue weighted by molar-refractivity contribution is 7.98. The molecule has 0 saturated heterocycles. The number of nitrogens with zero attached hydrogens (tertiary/aromatic N) is 3. The number of aliphatic imine (C=N–C) groups is 1. The van der Waals surface area contributed by atoms with E-state index >= 15 is 0 Å². The van der Waals surface area contributed by atoms with E-state index in [-0.39, 0.29) is 17.8 Å². The van der Waals surface area contributed by atoms with Crippen molar-refractivity contribution in [2.24, 2.45) is 4.99 Å². The fraction of sp³-hybridized carbons (Fsp3) is 0.308. The number of aromatic nitrogens is 2. The molecule has 0 unspecified atom stereocenters. The fourth-order valence-electron chi connectivity index (χ4n) is 1.57. The molecule has 1 aromatic heterocycles. The summed E-state index contributed by atoms with van der Waals surface area (Å²) in [7, 11) is 0. The van der Waals surface area contributed by atoms with E-state index < -0.39 is 0 Å². The van der Waals surface area contributed by atoms with E-state index in [1.807, 2.05) is 26.2 Å². The van der Waals surface area contributed by atoms with Crippen molar-refractivity contribution in [3.05, 3.63) is 35.9 Å². The van der Waals surface area contributed by atoms with Gasteiger partial charge in [-0.15, -0.1) is 0 Å². The van der Waals surface area contributed by atoms with Gasteiger partial charge in [-0.2, -0.15) is 0 Å². The van der Waals surface area contributed by atoms with Crippen molar-refractivity contribution in [2.45, 2.75) is 24.9 Å². The summed E-state index contributed by atoms with van der Waals surface area (Å²) in [6, 6.07) is 9.04. The van der Waals surface area contributed by atoms with Crippen LogP contribution < -0.4 is 9.79 Å². The second-order valence-electron chi connectivity index (χ2n) is 4.21. The monoisotopic (exact) mass is 277 g/mol. The Bertz CT molecular complexity index is 579. The summed E-state index contributed by atoms with van der Waals surface area (Å²) in [6.07, 6.45) is 1.90. The van der Waals surface area contributed by atoms with E-state index in [0.29, 0.717) is 5.56 Å². The average molecular weight is 277 g/mol. The van der Waals surface area contributed by atoms with Crippen molar-refractivity contribution in [3.8, 4) is 0 Å². The predicted molar refractivity (Wildman–Crippen MR) is 71.5 cm³/mol. The van der Waals surface area contributed by atoms with Crippen LogP contribution in [0.2, 0.25) is 0 Å². The molecule has 6 heteroatoms. The first-order valence-corrected chi connectivity index (χ1v) is 7.12. The van der Waals surface area contributed by atoms with E-state index in [9.17, 15) is 5.11 Å². The molecule has 0 fully saturated rings. The van der Waals surface area contributed by atoms with Gasteiger partial charge in [-0.3, -0.25) is 4.52 Å². The van der Waals surface area contributed by atoms with E-state index in [1.165, 1.54) is 11.8 Å². The van der Waals surface area contributed by atoms with E-state index in [1.54, 1.807) is 28.9 Å². The van der Waals surface area contributed by atoms with E-state index in [0.717, 1.165) is 5.03 Å². The molecule has 0 N–H and O–H groups in total. The molecule has 0 aliphatic heterocycles. The van der Waals surface area contributed by atoms with E-state index in [2.05, 4.69) is 10.3 Å². The standard InChI is InChI=1S/C13H15N3O2S/c1-9(2)16-13(19-3)12(18-15-16)14-11(17)10-7-5-4-6-8-10/h4-9H,1-3H3. The van der Waals surface area contributed by atoms with Gasteiger partial charge in [-0.1, -0.05) is 42.1 Å². The lowest BCUT2D eigenvalue weighted by atomic mass is 10.2. The molecule has 19 heavy (non-hydrogen) atoms. The van der Waals surface area contributed by atoms with Crippen LogP contribution in [0.15, 0.2) is 44.9 Å². The second kappa shape index (κ2) is 5.88.